The summed E-state index contributed by atoms with van der Waals surface area (Å²) in [5.41, 5.74) is 1.76. The number of aromatic nitrogens is 3. The fourth-order valence-corrected chi connectivity index (χ4v) is 2.11. The van der Waals surface area contributed by atoms with Gasteiger partial charge in [0.25, 0.3) is 0 Å². The van der Waals surface area contributed by atoms with Gasteiger partial charge in [0.15, 0.2) is 0 Å². The van der Waals surface area contributed by atoms with Crippen molar-refractivity contribution in [2.24, 2.45) is 0 Å². The zero-order valence-corrected chi connectivity index (χ0v) is 10.0. The molecule has 4 heteroatoms. The molecule has 1 aromatic carbocycles. The second-order valence-electron chi connectivity index (χ2n) is 4.16. The third-order valence-corrected chi connectivity index (χ3v) is 3.03. The summed E-state index contributed by atoms with van der Waals surface area (Å²) in [6, 6.07) is 9.71. The Morgan fingerprint density at radius 2 is 2.11 bits per heavy atom. The molecule has 2 aromatic heterocycles. The first-order valence-electron chi connectivity index (χ1n) is 5.79. The minimum atomic E-state index is 0.00375. The summed E-state index contributed by atoms with van der Waals surface area (Å²) in [7, 11) is 0. The van der Waals surface area contributed by atoms with Gasteiger partial charge in [-0.05, 0) is 24.6 Å². The highest BCUT2D eigenvalue weighted by Gasteiger charge is 2.07. The number of hydrogen-bond donors (Lipinski definition) is 1. The van der Waals surface area contributed by atoms with Crippen molar-refractivity contribution >= 4 is 10.9 Å². The monoisotopic (exact) mass is 239 g/mol. The topological polar surface area (TPSA) is 50.9 Å². The van der Waals surface area contributed by atoms with Gasteiger partial charge < -0.3 is 5.11 Å². The van der Waals surface area contributed by atoms with E-state index in [0.29, 0.717) is 0 Å². The smallest absolute Gasteiger partial charge is 0.139 e. The highest BCUT2D eigenvalue weighted by atomic mass is 16.3. The number of aliphatic hydroxyl groups excluding tert-OH is 1. The number of nitrogens with zero attached hydrogens (tertiary/aromatic N) is 3. The van der Waals surface area contributed by atoms with Crippen LogP contribution in [0.2, 0.25) is 0 Å². The summed E-state index contributed by atoms with van der Waals surface area (Å²) in [5, 5.41) is 10.5. The van der Waals surface area contributed by atoms with E-state index in [9.17, 15) is 5.11 Å². The van der Waals surface area contributed by atoms with Gasteiger partial charge in [-0.15, -0.1) is 0 Å². The average molecular weight is 239 g/mol. The summed E-state index contributed by atoms with van der Waals surface area (Å²) in [5.74, 6) is 1.66. The van der Waals surface area contributed by atoms with Gasteiger partial charge >= 0.3 is 0 Å². The molecule has 0 radical (unpaired) electrons. The lowest BCUT2D eigenvalue weighted by molar-refractivity contribution is 0.283. The van der Waals surface area contributed by atoms with Gasteiger partial charge in [0, 0.05) is 17.8 Å². The molecule has 90 valence electrons. The van der Waals surface area contributed by atoms with Crippen LogP contribution in [0, 0.1) is 6.92 Å². The molecule has 3 rings (SSSR count). The lowest BCUT2D eigenvalue weighted by atomic mass is 10.1. The Hall–Kier alpha value is -2.20. The molecule has 4 nitrogen and oxygen atoms in total. The molecule has 0 fully saturated rings. The maximum atomic E-state index is 9.47. The van der Waals surface area contributed by atoms with E-state index >= 15 is 0 Å². The van der Waals surface area contributed by atoms with Crippen LogP contribution in [0.3, 0.4) is 0 Å². The summed E-state index contributed by atoms with van der Waals surface area (Å²) in [4.78, 5) is 8.79. The molecule has 0 bridgehead atoms. The second kappa shape index (κ2) is 4.23. The van der Waals surface area contributed by atoms with Crippen molar-refractivity contribution in [3.63, 3.8) is 0 Å². The van der Waals surface area contributed by atoms with Gasteiger partial charge in [-0.3, -0.25) is 4.57 Å². The van der Waals surface area contributed by atoms with Crippen molar-refractivity contribution < 1.29 is 5.11 Å². The lowest BCUT2D eigenvalue weighted by Crippen LogP contribution is -2.01. The molecule has 0 unspecified atom stereocenters. The van der Waals surface area contributed by atoms with Crippen molar-refractivity contribution in [2.45, 2.75) is 13.5 Å². The third-order valence-electron chi connectivity index (χ3n) is 3.03. The molecule has 1 N–H and O–H groups in total. The largest absolute Gasteiger partial charge is 0.392 e. The van der Waals surface area contributed by atoms with Crippen LogP contribution in [0.4, 0.5) is 0 Å². The minimum absolute atomic E-state index is 0.00375. The van der Waals surface area contributed by atoms with E-state index in [0.717, 1.165) is 28.1 Å². The van der Waals surface area contributed by atoms with E-state index in [1.165, 1.54) is 0 Å². The third kappa shape index (κ3) is 1.67. The van der Waals surface area contributed by atoms with Gasteiger partial charge in [0.2, 0.25) is 0 Å². The van der Waals surface area contributed by atoms with Crippen LogP contribution in [-0.4, -0.2) is 19.6 Å². The molecular formula is C14H13N3O. The fourth-order valence-electron chi connectivity index (χ4n) is 2.11. The van der Waals surface area contributed by atoms with Crippen LogP contribution in [0.25, 0.3) is 16.7 Å². The number of rotatable bonds is 2. The number of aliphatic hydroxyl groups is 1. The van der Waals surface area contributed by atoms with E-state index in [1.54, 1.807) is 6.20 Å². The molecule has 0 saturated carbocycles. The van der Waals surface area contributed by atoms with Crippen molar-refractivity contribution in [3.05, 3.63) is 54.1 Å². The molecule has 2 heterocycles. The molecule has 0 aliphatic carbocycles. The van der Waals surface area contributed by atoms with Crippen LogP contribution in [0.5, 0.6) is 0 Å². The van der Waals surface area contributed by atoms with Gasteiger partial charge in [0.05, 0.1) is 12.1 Å². The Balaban J connectivity index is 2.29. The molecular weight excluding hydrogens is 226 g/mol. The Kier molecular flexibility index (Phi) is 2.57. The number of para-hydroxylation sites is 1. The highest BCUT2D eigenvalue weighted by molar-refractivity contribution is 5.83. The maximum absolute atomic E-state index is 9.47. The van der Waals surface area contributed by atoms with Crippen molar-refractivity contribution in [3.8, 4) is 5.82 Å². The van der Waals surface area contributed by atoms with Crippen LogP contribution < -0.4 is 0 Å². The van der Waals surface area contributed by atoms with E-state index in [4.69, 9.17) is 0 Å². The second-order valence-corrected chi connectivity index (χ2v) is 4.16. The summed E-state index contributed by atoms with van der Waals surface area (Å²) >= 11 is 0. The van der Waals surface area contributed by atoms with Gasteiger partial charge in [-0.1, -0.05) is 18.2 Å². The molecule has 0 spiro atoms. The number of imidazole rings is 1. The highest BCUT2D eigenvalue weighted by Crippen LogP contribution is 2.20. The molecule has 0 atom stereocenters. The van der Waals surface area contributed by atoms with E-state index in [-0.39, 0.29) is 6.61 Å². The Morgan fingerprint density at radius 3 is 2.83 bits per heavy atom. The number of benzene rings is 1. The molecule has 0 aliphatic rings. The average Bonchev–Trinajstić information content (AvgIpc) is 2.83. The standard InChI is InChI=1S/C14H13N3O/c1-10-15-6-7-17(10)14-8-11(9-18)12-4-2-3-5-13(12)16-14/h2-8,18H,9H2,1H3. The molecule has 0 amide bonds. The van der Waals surface area contributed by atoms with Gasteiger partial charge in [-0.25, -0.2) is 9.97 Å². The first kappa shape index (κ1) is 10.9. The van der Waals surface area contributed by atoms with Crippen molar-refractivity contribution in [1.82, 2.24) is 14.5 Å². The summed E-state index contributed by atoms with van der Waals surface area (Å²) in [6.07, 6.45) is 3.61. The molecule has 3 aromatic rings. The van der Waals surface area contributed by atoms with Gasteiger partial charge in [0.1, 0.15) is 11.6 Å². The zero-order valence-electron chi connectivity index (χ0n) is 10.0. The molecule has 0 saturated heterocycles. The maximum Gasteiger partial charge on any atom is 0.139 e. The number of fused-ring (bicyclic) bond motifs is 1. The predicted molar refractivity (Wildman–Crippen MR) is 69.5 cm³/mol. The van der Waals surface area contributed by atoms with E-state index in [2.05, 4.69) is 9.97 Å². The molecule has 18 heavy (non-hydrogen) atoms. The summed E-state index contributed by atoms with van der Waals surface area (Å²) < 4.78 is 1.91. The normalized spacial score (nSPS) is 11.0. The fraction of sp³-hybridized carbons (Fsp3) is 0.143. The lowest BCUT2D eigenvalue weighted by Gasteiger charge is -2.09. The van der Waals surface area contributed by atoms with Crippen LogP contribution >= 0.6 is 0 Å². The van der Waals surface area contributed by atoms with Crippen LogP contribution in [0.15, 0.2) is 42.7 Å². The number of pyridine rings is 1. The minimum Gasteiger partial charge on any atom is -0.392 e. The first-order chi connectivity index (χ1) is 8.79. The zero-order chi connectivity index (χ0) is 12.5. The Bertz CT molecular complexity index is 703. The van der Waals surface area contributed by atoms with Gasteiger partial charge in [-0.2, -0.15) is 0 Å². The van der Waals surface area contributed by atoms with Crippen molar-refractivity contribution in [1.29, 1.82) is 0 Å². The first-order valence-corrected chi connectivity index (χ1v) is 5.79. The number of hydrogen-bond acceptors (Lipinski definition) is 3. The number of aryl methyl sites for hydroxylation is 1. The van der Waals surface area contributed by atoms with Crippen LogP contribution in [-0.2, 0) is 6.61 Å². The quantitative estimate of drug-likeness (QED) is 0.746. The van der Waals surface area contributed by atoms with Crippen molar-refractivity contribution in [2.75, 3.05) is 0 Å². The Morgan fingerprint density at radius 1 is 1.28 bits per heavy atom. The predicted octanol–water partition coefficient (Wildman–Crippen LogP) is 2.22. The van der Waals surface area contributed by atoms with Crippen LogP contribution in [0.1, 0.15) is 11.4 Å². The molecule has 0 aliphatic heterocycles. The Labute approximate surface area is 105 Å². The SMILES string of the molecule is Cc1nccn1-c1cc(CO)c2ccccc2n1. The summed E-state index contributed by atoms with van der Waals surface area (Å²) in [6.45, 7) is 1.93. The van der Waals surface area contributed by atoms with E-state index in [1.807, 2.05) is 48.0 Å². The van der Waals surface area contributed by atoms with E-state index < -0.39 is 0 Å².